The average molecular weight is 372 g/mol. The molecule has 0 bridgehead atoms. The molecular formula is C18H17FN4O4. The molecule has 2 N–H and O–H groups in total. The molecular weight excluding hydrogens is 355 g/mol. The van der Waals surface area contributed by atoms with E-state index in [0.717, 1.165) is 6.07 Å². The quantitative estimate of drug-likeness (QED) is 0.801. The van der Waals surface area contributed by atoms with E-state index in [1.54, 1.807) is 23.1 Å². The van der Waals surface area contributed by atoms with Gasteiger partial charge in [-0.1, -0.05) is 6.07 Å². The number of carbonyl (C=O) groups is 3. The highest BCUT2D eigenvalue weighted by Crippen LogP contribution is 2.13. The van der Waals surface area contributed by atoms with Crippen molar-refractivity contribution < 1.29 is 23.9 Å². The number of rotatable bonds is 3. The van der Waals surface area contributed by atoms with E-state index < -0.39 is 17.9 Å². The molecule has 0 unspecified atom stereocenters. The summed E-state index contributed by atoms with van der Waals surface area (Å²) in [7, 11) is 0. The summed E-state index contributed by atoms with van der Waals surface area (Å²) in [4.78, 5) is 42.2. The maximum absolute atomic E-state index is 12.8. The van der Waals surface area contributed by atoms with Crippen LogP contribution in [0, 0.1) is 5.95 Å². The van der Waals surface area contributed by atoms with Gasteiger partial charge in [0.15, 0.2) is 0 Å². The standard InChI is InChI=1S/C18H17FN4O4/c19-15-5-4-14(11-20-15)21-16(24)12-2-1-3-13(10-12)17(25)22-6-8-23(9-7-22)18(26)27/h1-5,10-11H,6-9H2,(H,21,24)(H,26,27). The van der Waals surface area contributed by atoms with Crippen LogP contribution in [0.15, 0.2) is 42.6 Å². The van der Waals surface area contributed by atoms with Crippen molar-refractivity contribution in [3.05, 3.63) is 59.7 Å². The molecule has 0 saturated carbocycles. The molecule has 0 spiro atoms. The Bertz CT molecular complexity index is 864. The lowest BCUT2D eigenvalue weighted by molar-refractivity contribution is 0.0625. The Balaban J connectivity index is 1.67. The normalized spacial score (nSPS) is 14.0. The van der Waals surface area contributed by atoms with Gasteiger partial charge in [0.05, 0.1) is 11.9 Å². The Morgan fingerprint density at radius 3 is 2.30 bits per heavy atom. The van der Waals surface area contributed by atoms with Crippen LogP contribution in [0.4, 0.5) is 14.9 Å². The summed E-state index contributed by atoms with van der Waals surface area (Å²) in [6, 6.07) is 8.74. The number of carboxylic acid groups (broad SMARTS) is 1. The second-order valence-electron chi connectivity index (χ2n) is 5.97. The Kier molecular flexibility index (Phi) is 5.30. The second kappa shape index (κ2) is 7.81. The zero-order chi connectivity index (χ0) is 19.4. The van der Waals surface area contributed by atoms with Gasteiger partial charge in [0.25, 0.3) is 11.8 Å². The van der Waals surface area contributed by atoms with Crippen molar-refractivity contribution in [2.24, 2.45) is 0 Å². The van der Waals surface area contributed by atoms with Gasteiger partial charge >= 0.3 is 6.09 Å². The zero-order valence-electron chi connectivity index (χ0n) is 14.3. The van der Waals surface area contributed by atoms with Crippen LogP contribution >= 0.6 is 0 Å². The van der Waals surface area contributed by atoms with Crippen LogP contribution in [0.25, 0.3) is 0 Å². The first-order valence-corrected chi connectivity index (χ1v) is 8.24. The minimum atomic E-state index is -1.00. The van der Waals surface area contributed by atoms with E-state index in [1.165, 1.54) is 23.2 Å². The van der Waals surface area contributed by atoms with E-state index in [9.17, 15) is 18.8 Å². The van der Waals surface area contributed by atoms with E-state index >= 15 is 0 Å². The van der Waals surface area contributed by atoms with Crippen LogP contribution in [0.3, 0.4) is 0 Å². The van der Waals surface area contributed by atoms with Crippen molar-refractivity contribution in [3.63, 3.8) is 0 Å². The van der Waals surface area contributed by atoms with Crippen LogP contribution in [-0.4, -0.2) is 64.0 Å². The van der Waals surface area contributed by atoms with Gasteiger partial charge in [-0.15, -0.1) is 0 Å². The van der Waals surface area contributed by atoms with Gasteiger partial charge < -0.3 is 20.2 Å². The summed E-state index contributed by atoms with van der Waals surface area (Å²) in [5, 5.41) is 11.6. The van der Waals surface area contributed by atoms with Crippen LogP contribution in [0.2, 0.25) is 0 Å². The molecule has 2 heterocycles. The van der Waals surface area contributed by atoms with Crippen LogP contribution < -0.4 is 5.32 Å². The van der Waals surface area contributed by atoms with E-state index in [4.69, 9.17) is 5.11 Å². The monoisotopic (exact) mass is 372 g/mol. The van der Waals surface area contributed by atoms with Crippen molar-refractivity contribution in [2.75, 3.05) is 31.5 Å². The Hall–Kier alpha value is -3.49. The molecule has 0 aliphatic carbocycles. The van der Waals surface area contributed by atoms with Crippen molar-refractivity contribution in [1.82, 2.24) is 14.8 Å². The SMILES string of the molecule is O=C(Nc1ccc(F)nc1)c1cccc(C(=O)N2CCN(C(=O)O)CC2)c1. The van der Waals surface area contributed by atoms with Crippen LogP contribution in [0.5, 0.6) is 0 Å². The summed E-state index contributed by atoms with van der Waals surface area (Å²) in [6.07, 6.45) is 0.195. The third-order valence-electron chi connectivity index (χ3n) is 4.19. The lowest BCUT2D eigenvalue weighted by Gasteiger charge is -2.33. The van der Waals surface area contributed by atoms with E-state index in [2.05, 4.69) is 10.3 Å². The largest absolute Gasteiger partial charge is 0.465 e. The molecule has 8 nitrogen and oxygen atoms in total. The van der Waals surface area contributed by atoms with E-state index in [1.807, 2.05) is 0 Å². The zero-order valence-corrected chi connectivity index (χ0v) is 14.3. The molecule has 1 aliphatic heterocycles. The summed E-state index contributed by atoms with van der Waals surface area (Å²) in [5.41, 5.74) is 0.945. The third kappa shape index (κ3) is 4.38. The number of anilines is 1. The predicted molar refractivity (Wildman–Crippen MR) is 94.1 cm³/mol. The number of benzene rings is 1. The minimum Gasteiger partial charge on any atom is -0.465 e. The minimum absolute atomic E-state index is 0.249. The predicted octanol–water partition coefficient (Wildman–Crippen LogP) is 1.91. The highest BCUT2D eigenvalue weighted by atomic mass is 19.1. The molecule has 27 heavy (non-hydrogen) atoms. The molecule has 140 valence electrons. The van der Waals surface area contributed by atoms with Gasteiger partial charge in [-0.3, -0.25) is 9.59 Å². The molecule has 0 radical (unpaired) electrons. The van der Waals surface area contributed by atoms with E-state index in [-0.39, 0.29) is 24.6 Å². The number of carbonyl (C=O) groups excluding carboxylic acids is 2. The van der Waals surface area contributed by atoms with Crippen molar-refractivity contribution in [1.29, 1.82) is 0 Å². The maximum atomic E-state index is 12.8. The van der Waals surface area contributed by atoms with Gasteiger partial charge in [0.1, 0.15) is 0 Å². The second-order valence-corrected chi connectivity index (χ2v) is 5.97. The van der Waals surface area contributed by atoms with Gasteiger partial charge in [-0.25, -0.2) is 9.78 Å². The Morgan fingerprint density at radius 2 is 1.67 bits per heavy atom. The molecule has 0 atom stereocenters. The Labute approximate surface area is 154 Å². The number of nitrogens with zero attached hydrogens (tertiary/aromatic N) is 3. The van der Waals surface area contributed by atoms with Crippen molar-refractivity contribution in [3.8, 4) is 0 Å². The van der Waals surface area contributed by atoms with Crippen molar-refractivity contribution >= 4 is 23.6 Å². The van der Waals surface area contributed by atoms with Gasteiger partial charge in [0.2, 0.25) is 5.95 Å². The number of amides is 3. The number of nitrogens with one attached hydrogen (secondary N) is 1. The van der Waals surface area contributed by atoms with E-state index in [0.29, 0.717) is 24.3 Å². The summed E-state index contributed by atoms with van der Waals surface area (Å²) < 4.78 is 12.8. The maximum Gasteiger partial charge on any atom is 0.407 e. The molecule has 3 amide bonds. The average Bonchev–Trinajstić information content (AvgIpc) is 2.69. The smallest absolute Gasteiger partial charge is 0.407 e. The fraction of sp³-hybridized carbons (Fsp3) is 0.222. The number of hydrogen-bond acceptors (Lipinski definition) is 4. The molecule has 1 aliphatic rings. The number of aromatic nitrogens is 1. The molecule has 3 rings (SSSR count). The first-order valence-electron chi connectivity index (χ1n) is 8.24. The molecule has 1 saturated heterocycles. The number of piperazine rings is 1. The number of halogens is 1. The molecule has 9 heteroatoms. The number of hydrogen-bond donors (Lipinski definition) is 2. The Morgan fingerprint density at radius 1 is 1.00 bits per heavy atom. The van der Waals surface area contributed by atoms with Crippen molar-refractivity contribution in [2.45, 2.75) is 0 Å². The van der Waals surface area contributed by atoms with Gasteiger partial charge in [0, 0.05) is 37.3 Å². The first kappa shape index (κ1) is 18.3. The van der Waals surface area contributed by atoms with Crippen LogP contribution in [0.1, 0.15) is 20.7 Å². The highest BCUT2D eigenvalue weighted by Gasteiger charge is 2.24. The summed E-state index contributed by atoms with van der Waals surface area (Å²) >= 11 is 0. The first-order chi connectivity index (χ1) is 12.9. The molecule has 1 aromatic carbocycles. The lowest BCUT2D eigenvalue weighted by atomic mass is 10.1. The van der Waals surface area contributed by atoms with Crippen LogP contribution in [-0.2, 0) is 0 Å². The third-order valence-corrected chi connectivity index (χ3v) is 4.19. The van der Waals surface area contributed by atoms with Gasteiger partial charge in [-0.2, -0.15) is 4.39 Å². The highest BCUT2D eigenvalue weighted by molar-refractivity contribution is 6.06. The fourth-order valence-corrected chi connectivity index (χ4v) is 2.73. The summed E-state index contributed by atoms with van der Waals surface area (Å²) in [5.74, 6) is -1.37. The molecule has 2 aromatic rings. The number of pyridine rings is 1. The summed E-state index contributed by atoms with van der Waals surface area (Å²) in [6.45, 7) is 1.09. The molecule has 1 aromatic heterocycles. The fourth-order valence-electron chi connectivity index (χ4n) is 2.73. The lowest BCUT2D eigenvalue weighted by Crippen LogP contribution is -2.50. The molecule has 1 fully saturated rings. The van der Waals surface area contributed by atoms with Gasteiger partial charge in [-0.05, 0) is 30.3 Å². The topological polar surface area (TPSA) is 103 Å².